The van der Waals surface area contributed by atoms with Crippen molar-refractivity contribution in [1.82, 2.24) is 9.97 Å². The third-order valence-corrected chi connectivity index (χ3v) is 3.78. The van der Waals surface area contributed by atoms with E-state index in [2.05, 4.69) is 35.9 Å². The second-order valence-electron chi connectivity index (χ2n) is 4.77. The number of rotatable bonds is 1. The second-order valence-corrected chi connectivity index (χ2v) is 4.77. The predicted octanol–water partition coefficient (Wildman–Crippen LogP) is 3.63. The fourth-order valence-corrected chi connectivity index (χ4v) is 2.89. The Balaban J connectivity index is 2.25. The van der Waals surface area contributed by atoms with Gasteiger partial charge in [-0.25, -0.2) is 0 Å². The average molecular weight is 212 g/mol. The molecule has 2 aromatic rings. The molecular formula is C14H16N2. The van der Waals surface area contributed by atoms with Crippen LogP contribution in [-0.4, -0.2) is 9.97 Å². The zero-order valence-corrected chi connectivity index (χ0v) is 9.77. The van der Waals surface area contributed by atoms with Crippen LogP contribution in [-0.2, 0) is 0 Å². The van der Waals surface area contributed by atoms with Gasteiger partial charge in [0.05, 0.1) is 11.0 Å². The molecule has 1 heterocycles. The third kappa shape index (κ3) is 1.33. The molecule has 3 rings (SSSR count). The zero-order valence-electron chi connectivity index (χ0n) is 9.77. The Hall–Kier alpha value is -1.44. The smallest absolute Gasteiger partial charge is 0.0889 e. The molecular weight excluding hydrogens is 196 g/mol. The largest absolute Gasteiger partial charge is 0.253 e. The van der Waals surface area contributed by atoms with Crippen LogP contribution in [0.3, 0.4) is 0 Å². The van der Waals surface area contributed by atoms with Crippen molar-refractivity contribution in [1.29, 1.82) is 0 Å². The monoisotopic (exact) mass is 212 g/mol. The van der Waals surface area contributed by atoms with Crippen molar-refractivity contribution in [2.24, 2.45) is 0 Å². The minimum Gasteiger partial charge on any atom is -0.253 e. The van der Waals surface area contributed by atoms with Crippen molar-refractivity contribution in [2.45, 2.75) is 38.5 Å². The van der Waals surface area contributed by atoms with E-state index in [1.807, 2.05) is 0 Å². The van der Waals surface area contributed by atoms with Gasteiger partial charge in [-0.1, -0.05) is 13.8 Å². The Morgan fingerprint density at radius 2 is 1.75 bits per heavy atom. The van der Waals surface area contributed by atoms with Gasteiger partial charge in [0.25, 0.3) is 0 Å². The average Bonchev–Trinajstić information content (AvgIpc) is 2.63. The highest BCUT2D eigenvalue weighted by atomic mass is 14.8. The first-order chi connectivity index (χ1) is 7.79. The molecule has 82 valence electrons. The Kier molecular flexibility index (Phi) is 2.16. The number of benzene rings is 1. The molecule has 0 spiro atoms. The molecule has 0 radical (unpaired) electrons. The molecule has 2 atom stereocenters. The molecule has 2 nitrogen and oxygen atoms in total. The van der Waals surface area contributed by atoms with Gasteiger partial charge in [-0.2, -0.15) is 0 Å². The van der Waals surface area contributed by atoms with Crippen LogP contribution in [0.5, 0.6) is 0 Å². The summed E-state index contributed by atoms with van der Waals surface area (Å²) in [7, 11) is 0. The first-order valence-corrected chi connectivity index (χ1v) is 6.04. The summed E-state index contributed by atoms with van der Waals surface area (Å²) >= 11 is 0. The van der Waals surface area contributed by atoms with Gasteiger partial charge in [-0.15, -0.1) is 0 Å². The highest BCUT2D eigenvalue weighted by Gasteiger charge is 2.27. The lowest BCUT2D eigenvalue weighted by Gasteiger charge is -2.08. The molecule has 2 unspecified atom stereocenters. The normalized spacial score (nSPS) is 23.6. The van der Waals surface area contributed by atoms with Gasteiger partial charge in [-0.05, 0) is 47.9 Å². The topological polar surface area (TPSA) is 25.8 Å². The van der Waals surface area contributed by atoms with E-state index in [1.54, 1.807) is 12.4 Å². The Morgan fingerprint density at radius 3 is 2.38 bits per heavy atom. The lowest BCUT2D eigenvalue weighted by atomic mass is 9.98. The van der Waals surface area contributed by atoms with Crippen LogP contribution in [0.4, 0.5) is 0 Å². The fraction of sp³-hybridized carbons (Fsp3) is 0.429. The highest BCUT2D eigenvalue weighted by molar-refractivity contribution is 5.76. The summed E-state index contributed by atoms with van der Waals surface area (Å²) < 4.78 is 0. The van der Waals surface area contributed by atoms with E-state index in [0.29, 0.717) is 5.92 Å². The van der Waals surface area contributed by atoms with Crippen LogP contribution in [0.25, 0.3) is 11.0 Å². The molecule has 2 heteroatoms. The Bertz CT molecular complexity index is 533. The van der Waals surface area contributed by atoms with Gasteiger partial charge in [0.1, 0.15) is 0 Å². The molecule has 0 saturated carbocycles. The summed E-state index contributed by atoms with van der Waals surface area (Å²) in [5.41, 5.74) is 5.06. The third-order valence-electron chi connectivity index (χ3n) is 3.78. The lowest BCUT2D eigenvalue weighted by molar-refractivity contribution is 0.603. The van der Waals surface area contributed by atoms with Crippen molar-refractivity contribution in [2.75, 3.05) is 0 Å². The number of hydrogen-bond donors (Lipinski definition) is 0. The van der Waals surface area contributed by atoms with Crippen LogP contribution in [0.1, 0.15) is 49.7 Å². The number of nitrogens with zero attached hydrogens (tertiary/aromatic N) is 2. The molecule has 16 heavy (non-hydrogen) atoms. The molecule has 0 N–H and O–H groups in total. The summed E-state index contributed by atoms with van der Waals surface area (Å²) in [6.45, 7) is 4.59. The van der Waals surface area contributed by atoms with Crippen LogP contribution < -0.4 is 0 Å². The van der Waals surface area contributed by atoms with Gasteiger partial charge in [0.2, 0.25) is 0 Å². The lowest BCUT2D eigenvalue weighted by Crippen LogP contribution is -1.92. The van der Waals surface area contributed by atoms with E-state index < -0.39 is 0 Å². The summed E-state index contributed by atoms with van der Waals surface area (Å²) in [6, 6.07) is 4.48. The van der Waals surface area contributed by atoms with Crippen molar-refractivity contribution in [3.63, 3.8) is 0 Å². The molecule has 1 aromatic carbocycles. The Morgan fingerprint density at radius 1 is 1.12 bits per heavy atom. The van der Waals surface area contributed by atoms with Crippen LogP contribution in [0.15, 0.2) is 24.5 Å². The van der Waals surface area contributed by atoms with Crippen molar-refractivity contribution in [3.8, 4) is 0 Å². The fourth-order valence-electron chi connectivity index (χ4n) is 2.89. The van der Waals surface area contributed by atoms with E-state index >= 15 is 0 Å². The van der Waals surface area contributed by atoms with Gasteiger partial charge in [0.15, 0.2) is 0 Å². The molecule has 1 aliphatic rings. The van der Waals surface area contributed by atoms with Gasteiger partial charge in [0, 0.05) is 12.4 Å². The van der Waals surface area contributed by atoms with E-state index in [0.717, 1.165) is 17.0 Å². The van der Waals surface area contributed by atoms with E-state index in [1.165, 1.54) is 24.0 Å². The van der Waals surface area contributed by atoms with E-state index in [4.69, 9.17) is 0 Å². The van der Waals surface area contributed by atoms with Crippen molar-refractivity contribution in [3.05, 3.63) is 35.7 Å². The minimum atomic E-state index is 0.673. The maximum absolute atomic E-state index is 4.39. The molecule has 1 aromatic heterocycles. The second kappa shape index (κ2) is 3.55. The van der Waals surface area contributed by atoms with E-state index in [9.17, 15) is 0 Å². The quantitative estimate of drug-likeness (QED) is 0.721. The standard InChI is InChI=1S/C14H16N2/c1-3-10-6-9(2)11-7-13-14(8-12(10)11)16-5-4-15-13/h4-5,7-10H,3,6H2,1-2H3. The first kappa shape index (κ1) is 9.76. The number of aromatic nitrogens is 2. The Labute approximate surface area is 95.7 Å². The molecule has 0 saturated heterocycles. The van der Waals surface area contributed by atoms with E-state index in [-0.39, 0.29) is 0 Å². The minimum absolute atomic E-state index is 0.673. The maximum Gasteiger partial charge on any atom is 0.0889 e. The summed E-state index contributed by atoms with van der Waals surface area (Å²) in [6.07, 6.45) is 6.05. The van der Waals surface area contributed by atoms with Crippen LogP contribution >= 0.6 is 0 Å². The molecule has 1 aliphatic carbocycles. The SMILES string of the molecule is CCC1CC(C)c2cc3nccnc3cc21. The van der Waals surface area contributed by atoms with Crippen LogP contribution in [0, 0.1) is 0 Å². The maximum atomic E-state index is 4.39. The first-order valence-electron chi connectivity index (χ1n) is 6.04. The predicted molar refractivity (Wildman–Crippen MR) is 65.6 cm³/mol. The van der Waals surface area contributed by atoms with Gasteiger partial charge in [-0.3, -0.25) is 9.97 Å². The number of hydrogen-bond acceptors (Lipinski definition) is 2. The molecule has 0 aliphatic heterocycles. The number of fused-ring (bicyclic) bond motifs is 2. The highest BCUT2D eigenvalue weighted by Crippen LogP contribution is 2.44. The molecule has 0 fully saturated rings. The van der Waals surface area contributed by atoms with Gasteiger partial charge >= 0.3 is 0 Å². The molecule has 0 bridgehead atoms. The molecule has 0 amide bonds. The zero-order chi connectivity index (χ0) is 11.1. The van der Waals surface area contributed by atoms with Gasteiger partial charge < -0.3 is 0 Å². The summed E-state index contributed by atoms with van der Waals surface area (Å²) in [5.74, 6) is 1.39. The van der Waals surface area contributed by atoms with Crippen molar-refractivity contribution >= 4 is 11.0 Å². The summed E-state index contributed by atoms with van der Waals surface area (Å²) in [4.78, 5) is 8.77. The van der Waals surface area contributed by atoms with Crippen LogP contribution in [0.2, 0.25) is 0 Å². The summed E-state index contributed by atoms with van der Waals surface area (Å²) in [5, 5.41) is 0. The van der Waals surface area contributed by atoms with Crippen molar-refractivity contribution < 1.29 is 0 Å².